The number of benzene rings is 2. The number of rotatable bonds is 5. The number of hydrogen-bond donors (Lipinski definition) is 4. The van der Waals surface area contributed by atoms with Crippen molar-refractivity contribution in [3.8, 4) is 0 Å². The maximum atomic E-state index is 12.8. The predicted octanol–water partition coefficient (Wildman–Crippen LogP) is 2.17. The largest absolute Gasteiger partial charge is 0.421 e. The Morgan fingerprint density at radius 3 is 2.57 bits per heavy atom. The van der Waals surface area contributed by atoms with Crippen LogP contribution in [-0.4, -0.2) is 31.7 Å². The van der Waals surface area contributed by atoms with E-state index in [0.29, 0.717) is 26.6 Å². The Bertz CT molecular complexity index is 1270. The van der Waals surface area contributed by atoms with Gasteiger partial charge in [-0.1, -0.05) is 46.3 Å². The van der Waals surface area contributed by atoms with E-state index in [2.05, 4.69) is 20.9 Å². The number of alkyl carbamates (subject to hydrolysis) is 1. The van der Waals surface area contributed by atoms with Gasteiger partial charge in [-0.2, -0.15) is 0 Å². The Balaban J connectivity index is 2.20. The molecular formula is C18H17BrN3O7P. The highest BCUT2D eigenvalue weighted by molar-refractivity contribution is 9.10. The molecule has 1 amide bonds. The molecule has 0 aliphatic rings. The fourth-order valence-corrected chi connectivity index (χ4v) is 3.79. The quantitative estimate of drug-likeness (QED) is 0.311. The lowest BCUT2D eigenvalue weighted by molar-refractivity contribution is 0.0819. The van der Waals surface area contributed by atoms with Gasteiger partial charge in [0.25, 0.3) is 0 Å². The predicted molar refractivity (Wildman–Crippen MR) is 112 cm³/mol. The molecule has 30 heavy (non-hydrogen) atoms. The molecule has 3 aromatic rings. The van der Waals surface area contributed by atoms with Crippen LogP contribution in [0.1, 0.15) is 17.4 Å². The molecule has 0 fully saturated rings. The van der Waals surface area contributed by atoms with Gasteiger partial charge in [0.2, 0.25) is 6.23 Å². The number of aromatic amines is 1. The van der Waals surface area contributed by atoms with Crippen LogP contribution < -0.4 is 16.4 Å². The molecule has 1 atom stereocenters. The van der Waals surface area contributed by atoms with Crippen molar-refractivity contribution in [2.75, 3.05) is 6.29 Å². The van der Waals surface area contributed by atoms with E-state index >= 15 is 0 Å². The molecule has 0 saturated heterocycles. The fraction of sp³-hybridized carbons (Fsp3) is 0.167. The van der Waals surface area contributed by atoms with Crippen molar-refractivity contribution in [2.45, 2.75) is 13.2 Å². The Kier molecular flexibility index (Phi) is 6.27. The van der Waals surface area contributed by atoms with Gasteiger partial charge in [-0.05, 0) is 24.6 Å². The third-order valence-corrected chi connectivity index (χ3v) is 5.19. The van der Waals surface area contributed by atoms with Crippen LogP contribution in [0, 0.1) is 6.92 Å². The summed E-state index contributed by atoms with van der Waals surface area (Å²) in [6, 6.07) is 11.5. The van der Waals surface area contributed by atoms with Crippen LogP contribution in [0.4, 0.5) is 4.79 Å². The molecular weight excluding hydrogens is 481 g/mol. The number of H-pyrrole nitrogens is 1. The number of nitrogens with zero attached hydrogens (tertiary/aromatic N) is 1. The van der Waals surface area contributed by atoms with Crippen LogP contribution in [0.15, 0.2) is 56.5 Å². The summed E-state index contributed by atoms with van der Waals surface area (Å²) in [5, 5.41) is 1.96. The van der Waals surface area contributed by atoms with E-state index in [0.717, 1.165) is 4.57 Å². The highest BCUT2D eigenvalue weighted by atomic mass is 79.9. The molecule has 0 aliphatic carbocycles. The first kappa shape index (κ1) is 22.0. The number of ether oxygens (including phenoxy) is 1. The molecule has 1 aromatic heterocycles. The number of amides is 1. The first-order valence-corrected chi connectivity index (χ1v) is 11.1. The highest BCUT2D eigenvalue weighted by Gasteiger charge is 2.25. The van der Waals surface area contributed by atoms with Crippen molar-refractivity contribution in [1.82, 2.24) is 14.9 Å². The number of aryl methyl sites for hydroxylation is 1. The van der Waals surface area contributed by atoms with Gasteiger partial charge < -0.3 is 24.8 Å². The van der Waals surface area contributed by atoms with Crippen LogP contribution >= 0.6 is 23.5 Å². The lowest BCUT2D eigenvalue weighted by Crippen LogP contribution is -2.41. The van der Waals surface area contributed by atoms with E-state index in [1.54, 1.807) is 49.4 Å². The summed E-state index contributed by atoms with van der Waals surface area (Å²) >= 11 is 3.35. The molecule has 1 unspecified atom stereocenters. The van der Waals surface area contributed by atoms with Gasteiger partial charge in [0.15, 0.2) is 0 Å². The molecule has 12 heteroatoms. The SMILES string of the molecule is Cc1cc(Br)cc2c1[nH]c(=O)c(=O)n2C(OC(=O)NCP(=O)(O)O)c1ccccc1. The van der Waals surface area contributed by atoms with Crippen molar-refractivity contribution in [2.24, 2.45) is 0 Å². The second-order valence-electron chi connectivity index (χ2n) is 6.41. The number of carbonyl (C=O) groups excluding carboxylic acids is 1. The summed E-state index contributed by atoms with van der Waals surface area (Å²) in [6.45, 7) is 1.74. The van der Waals surface area contributed by atoms with E-state index in [-0.39, 0.29) is 0 Å². The van der Waals surface area contributed by atoms with Crippen LogP contribution in [-0.2, 0) is 9.30 Å². The van der Waals surface area contributed by atoms with Gasteiger partial charge in [0, 0.05) is 10.0 Å². The molecule has 1 heterocycles. The van der Waals surface area contributed by atoms with Gasteiger partial charge in [-0.25, -0.2) is 4.79 Å². The summed E-state index contributed by atoms with van der Waals surface area (Å²) in [7, 11) is -4.52. The number of fused-ring (bicyclic) bond motifs is 1. The minimum absolute atomic E-state index is 0.295. The smallest absolute Gasteiger partial charge is 0.409 e. The third kappa shape index (κ3) is 4.88. The van der Waals surface area contributed by atoms with Gasteiger partial charge in [0.1, 0.15) is 6.29 Å². The maximum Gasteiger partial charge on any atom is 0.409 e. The zero-order valence-electron chi connectivity index (χ0n) is 15.5. The van der Waals surface area contributed by atoms with Crippen molar-refractivity contribution in [1.29, 1.82) is 0 Å². The van der Waals surface area contributed by atoms with Crippen LogP contribution in [0.25, 0.3) is 11.0 Å². The summed E-state index contributed by atoms with van der Waals surface area (Å²) < 4.78 is 18.0. The second kappa shape index (κ2) is 8.57. The van der Waals surface area contributed by atoms with Crippen LogP contribution in [0.3, 0.4) is 0 Å². The zero-order chi connectivity index (χ0) is 22.1. The lowest BCUT2D eigenvalue weighted by atomic mass is 10.1. The van der Waals surface area contributed by atoms with Crippen molar-refractivity contribution >= 4 is 40.7 Å². The van der Waals surface area contributed by atoms with Crippen molar-refractivity contribution < 1.29 is 23.9 Å². The lowest BCUT2D eigenvalue weighted by Gasteiger charge is -2.23. The van der Waals surface area contributed by atoms with Crippen LogP contribution in [0.2, 0.25) is 0 Å². The third-order valence-electron chi connectivity index (χ3n) is 4.16. The van der Waals surface area contributed by atoms with E-state index in [1.807, 2.05) is 5.32 Å². The normalized spacial score (nSPS) is 12.5. The van der Waals surface area contributed by atoms with Crippen LogP contribution in [0.5, 0.6) is 0 Å². The summed E-state index contributed by atoms with van der Waals surface area (Å²) in [5.41, 5.74) is -0.158. The topological polar surface area (TPSA) is 151 Å². The minimum atomic E-state index is -4.52. The fourth-order valence-electron chi connectivity index (χ4n) is 2.89. The van der Waals surface area contributed by atoms with Gasteiger partial charge >= 0.3 is 24.8 Å². The molecule has 3 rings (SSSR count). The number of nitrogens with one attached hydrogen (secondary N) is 2. The standard InChI is InChI=1S/C18H17BrN3O7P/c1-10-7-12(19)8-13-14(10)21-15(23)16(24)22(13)17(11-5-3-2-4-6-11)29-18(25)20-9-30(26,27)28/h2-8,17H,9H2,1H3,(H,20,25)(H,21,23)(H2,26,27,28). The van der Waals surface area contributed by atoms with Gasteiger partial charge in [-0.3, -0.25) is 18.7 Å². The molecule has 158 valence electrons. The van der Waals surface area contributed by atoms with E-state index in [1.165, 1.54) is 0 Å². The average Bonchev–Trinajstić information content (AvgIpc) is 2.67. The first-order valence-electron chi connectivity index (χ1n) is 8.55. The minimum Gasteiger partial charge on any atom is -0.421 e. The summed E-state index contributed by atoms with van der Waals surface area (Å²) in [5.74, 6) is 0. The monoisotopic (exact) mass is 497 g/mol. The van der Waals surface area contributed by atoms with E-state index in [9.17, 15) is 18.9 Å². The number of aromatic nitrogens is 2. The number of halogens is 1. The molecule has 0 saturated carbocycles. The maximum absolute atomic E-state index is 12.8. The summed E-state index contributed by atoms with van der Waals surface area (Å²) in [4.78, 5) is 57.8. The Morgan fingerprint density at radius 1 is 1.27 bits per heavy atom. The first-order chi connectivity index (χ1) is 14.1. The molecule has 0 aliphatic heterocycles. The zero-order valence-corrected chi connectivity index (χ0v) is 18.0. The van der Waals surface area contributed by atoms with Gasteiger partial charge in [0.05, 0.1) is 11.0 Å². The summed E-state index contributed by atoms with van der Waals surface area (Å²) in [6.07, 6.45) is -3.48. The number of hydrogen-bond acceptors (Lipinski definition) is 5. The van der Waals surface area contributed by atoms with Gasteiger partial charge in [-0.15, -0.1) is 0 Å². The van der Waals surface area contributed by atoms with Crippen molar-refractivity contribution in [3.05, 3.63) is 78.8 Å². The Morgan fingerprint density at radius 2 is 1.93 bits per heavy atom. The molecule has 4 N–H and O–H groups in total. The molecule has 0 bridgehead atoms. The van der Waals surface area contributed by atoms with Crippen molar-refractivity contribution in [3.63, 3.8) is 0 Å². The molecule has 10 nitrogen and oxygen atoms in total. The van der Waals surface area contributed by atoms with E-state index in [4.69, 9.17) is 14.5 Å². The molecule has 0 spiro atoms. The Labute approximate surface area is 177 Å². The highest BCUT2D eigenvalue weighted by Crippen LogP contribution is 2.32. The number of carbonyl (C=O) groups is 1. The molecule has 2 aromatic carbocycles. The average molecular weight is 498 g/mol. The Hall–Kier alpha value is -2.72. The molecule has 0 radical (unpaired) electrons. The second-order valence-corrected chi connectivity index (χ2v) is 8.98. The van der Waals surface area contributed by atoms with E-state index < -0.39 is 37.3 Å².